The molecule has 2 saturated heterocycles. The Balaban J connectivity index is 1.52. The van der Waals surface area contributed by atoms with E-state index in [1.165, 1.54) is 0 Å². The highest BCUT2D eigenvalue weighted by Crippen LogP contribution is 2.23. The molecule has 18 nitrogen and oxygen atoms in total. The quantitative estimate of drug-likeness (QED) is 0.0511. The third-order valence-electron chi connectivity index (χ3n) is 7.78. The van der Waals surface area contributed by atoms with Gasteiger partial charge in [-0.15, -0.1) is 0 Å². The van der Waals surface area contributed by atoms with Crippen molar-refractivity contribution in [2.45, 2.75) is 125 Å². The van der Waals surface area contributed by atoms with Gasteiger partial charge in [0.1, 0.15) is 54.9 Å². The maximum atomic E-state index is 12.3. The molecule has 12 N–H and O–H groups in total. The minimum Gasteiger partial charge on any atom is -0.394 e. The fraction of sp³-hybridized carbons (Fsp3) is 0.893. The number of carbonyl (C=O) groups is 3. The Morgan fingerprint density at radius 2 is 1.13 bits per heavy atom. The molecule has 0 aromatic rings. The molecule has 2 heterocycles. The Hall–Kier alpha value is -2.07. The predicted molar refractivity (Wildman–Crippen MR) is 155 cm³/mol. The maximum Gasteiger partial charge on any atom is 0.239 e. The van der Waals surface area contributed by atoms with Gasteiger partial charge in [0.25, 0.3) is 0 Å². The van der Waals surface area contributed by atoms with Gasteiger partial charge in [-0.1, -0.05) is 0 Å². The number of amides is 3. The van der Waals surface area contributed by atoms with Crippen molar-refractivity contribution >= 4 is 17.7 Å². The number of rotatable bonds is 21. The number of carbonyl (C=O) groups excluding carboxylic acids is 3. The molecular weight excluding hydrogens is 618 g/mol. The molecule has 268 valence electrons. The molecule has 0 spiro atoms. The first-order valence-corrected chi connectivity index (χ1v) is 15.6. The summed E-state index contributed by atoms with van der Waals surface area (Å²) in [5.74, 6) is -1.27. The molecule has 0 radical (unpaired) electrons. The number of aliphatic hydroxyl groups excluding tert-OH is 8. The van der Waals surface area contributed by atoms with E-state index in [1.807, 2.05) is 0 Å². The summed E-state index contributed by atoms with van der Waals surface area (Å²) in [7, 11) is 0. The second-order valence-corrected chi connectivity index (χ2v) is 11.4. The van der Waals surface area contributed by atoms with Crippen LogP contribution in [0.4, 0.5) is 0 Å². The van der Waals surface area contributed by atoms with E-state index in [0.717, 1.165) is 0 Å². The van der Waals surface area contributed by atoms with Crippen LogP contribution in [0.2, 0.25) is 0 Å². The fourth-order valence-corrected chi connectivity index (χ4v) is 4.93. The summed E-state index contributed by atoms with van der Waals surface area (Å²) in [5.41, 5.74) is 5.42. The third-order valence-corrected chi connectivity index (χ3v) is 7.78. The minimum absolute atomic E-state index is 0.0663. The van der Waals surface area contributed by atoms with Crippen molar-refractivity contribution < 1.29 is 74.2 Å². The number of hydrogen-bond donors (Lipinski definition) is 11. The van der Waals surface area contributed by atoms with Crippen molar-refractivity contribution in [3.05, 3.63) is 0 Å². The van der Waals surface area contributed by atoms with Crippen molar-refractivity contribution in [2.75, 3.05) is 33.0 Å². The third kappa shape index (κ3) is 12.9. The van der Waals surface area contributed by atoms with Crippen LogP contribution >= 0.6 is 0 Å². The van der Waals surface area contributed by atoms with Crippen LogP contribution in [0.1, 0.15) is 57.8 Å². The minimum atomic E-state index is -1.54. The average Bonchev–Trinajstić information content (AvgIpc) is 3.03. The van der Waals surface area contributed by atoms with Crippen LogP contribution in [0.25, 0.3) is 0 Å². The normalized spacial score (nSPS) is 32.1. The monoisotopic (exact) mass is 669 g/mol. The highest BCUT2D eigenvalue weighted by atomic mass is 16.7. The molecule has 18 heteroatoms. The van der Waals surface area contributed by atoms with Crippen molar-refractivity contribution in [1.29, 1.82) is 0 Å². The van der Waals surface area contributed by atoms with E-state index in [4.69, 9.17) is 24.7 Å². The Kier molecular flexibility index (Phi) is 18.3. The zero-order valence-corrected chi connectivity index (χ0v) is 25.8. The molecule has 3 amide bonds. The molecular formula is C28H51N3O15. The van der Waals surface area contributed by atoms with Crippen LogP contribution in [0.15, 0.2) is 0 Å². The van der Waals surface area contributed by atoms with Gasteiger partial charge in [-0.2, -0.15) is 0 Å². The van der Waals surface area contributed by atoms with E-state index in [1.54, 1.807) is 0 Å². The molecule has 11 atom stereocenters. The highest BCUT2D eigenvalue weighted by molar-refractivity contribution is 5.86. The number of unbranched alkanes of at least 4 members (excludes halogenated alkanes) is 3. The summed E-state index contributed by atoms with van der Waals surface area (Å²) in [6.45, 7) is -0.587. The second kappa shape index (κ2) is 21.0. The molecule has 0 aliphatic carbocycles. The van der Waals surface area contributed by atoms with Gasteiger partial charge < -0.3 is 76.2 Å². The Labute approximate surface area is 266 Å². The van der Waals surface area contributed by atoms with Crippen molar-refractivity contribution in [3.8, 4) is 0 Å². The largest absolute Gasteiger partial charge is 0.394 e. The first kappa shape index (κ1) is 40.1. The van der Waals surface area contributed by atoms with Gasteiger partial charge in [-0.3, -0.25) is 14.4 Å². The van der Waals surface area contributed by atoms with E-state index in [2.05, 4.69) is 10.6 Å². The molecule has 2 fully saturated rings. The summed E-state index contributed by atoms with van der Waals surface area (Å²) in [5, 5.41) is 82.8. The van der Waals surface area contributed by atoms with E-state index >= 15 is 0 Å². The summed E-state index contributed by atoms with van der Waals surface area (Å²) in [6.07, 6.45) is -10.3. The van der Waals surface area contributed by atoms with Gasteiger partial charge in [0.2, 0.25) is 17.7 Å². The van der Waals surface area contributed by atoms with Crippen LogP contribution in [0, 0.1) is 0 Å². The smallest absolute Gasteiger partial charge is 0.239 e. The zero-order chi connectivity index (χ0) is 34.2. The first-order valence-electron chi connectivity index (χ1n) is 15.6. The van der Waals surface area contributed by atoms with Gasteiger partial charge >= 0.3 is 0 Å². The van der Waals surface area contributed by atoms with Crippen LogP contribution in [0.3, 0.4) is 0 Å². The molecule has 2 aliphatic rings. The van der Waals surface area contributed by atoms with E-state index in [0.29, 0.717) is 45.1 Å². The van der Waals surface area contributed by atoms with Crippen molar-refractivity contribution in [2.24, 2.45) is 5.73 Å². The summed E-state index contributed by atoms with van der Waals surface area (Å²) < 4.78 is 21.3. The number of primary amides is 1. The molecule has 46 heavy (non-hydrogen) atoms. The maximum absolute atomic E-state index is 12.3. The lowest BCUT2D eigenvalue weighted by Crippen LogP contribution is -2.59. The van der Waals surface area contributed by atoms with Crippen LogP contribution in [0.5, 0.6) is 0 Å². The fourth-order valence-electron chi connectivity index (χ4n) is 4.93. The lowest BCUT2D eigenvalue weighted by Gasteiger charge is -2.39. The second-order valence-electron chi connectivity index (χ2n) is 11.4. The standard InChI is InChI=1S/C28H51N3O15/c29-26(42)15(31-19(35)9-3-6-12-44-28-25(41)23(39)21(37)17(14-33)46-28)7-1-4-10-30-18(34)8-2-5-11-43-27-24(40)22(38)20(36)16(13-32)45-27/h15-17,20-25,27-28,32-33,36-41H,1-14H2,(H2,29,42)(H,30,34)(H,31,35). The van der Waals surface area contributed by atoms with Gasteiger partial charge in [0.05, 0.1) is 13.2 Å². The van der Waals surface area contributed by atoms with E-state index < -0.39 is 86.6 Å². The highest BCUT2D eigenvalue weighted by Gasteiger charge is 2.45. The molecule has 0 aromatic carbocycles. The molecule has 0 bridgehead atoms. The Bertz CT molecular complexity index is 913. The van der Waals surface area contributed by atoms with Crippen LogP contribution in [-0.2, 0) is 33.3 Å². The molecule has 2 aliphatic heterocycles. The molecule has 0 aromatic heterocycles. The van der Waals surface area contributed by atoms with Gasteiger partial charge in [0, 0.05) is 32.6 Å². The average molecular weight is 670 g/mol. The van der Waals surface area contributed by atoms with Crippen molar-refractivity contribution in [3.63, 3.8) is 0 Å². The van der Waals surface area contributed by atoms with Gasteiger partial charge in [-0.05, 0) is 44.9 Å². The predicted octanol–water partition coefficient (Wildman–Crippen LogP) is -4.78. The Morgan fingerprint density at radius 1 is 0.652 bits per heavy atom. The van der Waals surface area contributed by atoms with E-state index in [9.17, 15) is 55.2 Å². The number of hydrogen-bond acceptors (Lipinski definition) is 15. The summed E-state index contributed by atoms with van der Waals surface area (Å²) in [4.78, 5) is 36.2. The lowest BCUT2D eigenvalue weighted by atomic mass is 9.99. The van der Waals surface area contributed by atoms with E-state index in [-0.39, 0.29) is 44.3 Å². The molecule has 0 saturated carbocycles. The summed E-state index contributed by atoms with van der Waals surface area (Å²) in [6, 6.07) is -0.878. The first-order chi connectivity index (χ1) is 21.9. The lowest BCUT2D eigenvalue weighted by molar-refractivity contribution is -0.301. The van der Waals surface area contributed by atoms with Crippen LogP contribution < -0.4 is 16.4 Å². The summed E-state index contributed by atoms with van der Waals surface area (Å²) >= 11 is 0. The van der Waals surface area contributed by atoms with Crippen LogP contribution in [-0.4, -0.2) is 159 Å². The zero-order valence-electron chi connectivity index (χ0n) is 25.8. The van der Waals surface area contributed by atoms with Crippen molar-refractivity contribution in [1.82, 2.24) is 10.6 Å². The Morgan fingerprint density at radius 3 is 1.59 bits per heavy atom. The number of ether oxygens (including phenoxy) is 4. The number of aliphatic hydroxyl groups is 8. The molecule has 11 unspecified atom stereocenters. The number of nitrogens with one attached hydrogen (secondary N) is 2. The molecule has 2 rings (SSSR count). The van der Waals surface area contributed by atoms with Gasteiger partial charge in [-0.25, -0.2) is 0 Å². The SMILES string of the molecule is NC(=O)C(CCCCNC(=O)CCCCOC1OC(CO)C(O)C(O)C1O)NC(=O)CCCCOC1OC(CO)C(O)C(O)C1O. The van der Waals surface area contributed by atoms with Gasteiger partial charge in [0.15, 0.2) is 12.6 Å². The topological polar surface area (TPSA) is 300 Å². The number of nitrogens with two attached hydrogens (primary N) is 1.